The van der Waals surface area contributed by atoms with Gasteiger partial charge in [0.15, 0.2) is 5.82 Å². The Morgan fingerprint density at radius 2 is 2.39 bits per heavy atom. The summed E-state index contributed by atoms with van der Waals surface area (Å²) in [6.07, 6.45) is 4.26. The molecular formula is C13H16N4O. The van der Waals surface area contributed by atoms with Gasteiger partial charge in [0.2, 0.25) is 5.89 Å². The maximum Gasteiger partial charge on any atom is 0.231 e. The third-order valence-corrected chi connectivity index (χ3v) is 3.40. The number of aromatic nitrogens is 3. The number of nitrogens with zero attached hydrogens (tertiary/aromatic N) is 3. The Bertz CT molecular complexity index is 511. The largest absolute Gasteiger partial charge is 0.339 e. The Balaban J connectivity index is 1.74. The van der Waals surface area contributed by atoms with E-state index in [4.69, 9.17) is 4.52 Å². The van der Waals surface area contributed by atoms with E-state index in [1.807, 2.05) is 18.3 Å². The summed E-state index contributed by atoms with van der Waals surface area (Å²) in [6, 6.07) is 3.93. The average Bonchev–Trinajstić information content (AvgIpc) is 2.99. The van der Waals surface area contributed by atoms with E-state index in [9.17, 15) is 0 Å². The summed E-state index contributed by atoms with van der Waals surface area (Å²) in [4.78, 5) is 8.57. The van der Waals surface area contributed by atoms with Crippen molar-refractivity contribution in [2.75, 3.05) is 13.1 Å². The lowest BCUT2D eigenvalue weighted by Gasteiger charge is -2.07. The fourth-order valence-electron chi connectivity index (χ4n) is 2.32. The van der Waals surface area contributed by atoms with E-state index in [-0.39, 0.29) is 0 Å². The monoisotopic (exact) mass is 244 g/mol. The van der Waals surface area contributed by atoms with E-state index >= 15 is 0 Å². The predicted molar refractivity (Wildman–Crippen MR) is 66.1 cm³/mol. The second-order valence-corrected chi connectivity index (χ2v) is 4.83. The molecule has 0 radical (unpaired) electrons. The van der Waals surface area contributed by atoms with Crippen LogP contribution in [-0.2, 0) is 6.42 Å². The standard InChI is InChI=1S/C13H16N4O/c1-9-6-15-8-11(9)13-16-12(17-18-13)5-10-3-2-4-14-7-10/h2-4,7,9,11,15H,5-6,8H2,1H3/t9-,11-/m1/s1. The van der Waals surface area contributed by atoms with Crippen LogP contribution in [0.3, 0.4) is 0 Å². The lowest BCUT2D eigenvalue weighted by Crippen LogP contribution is -2.08. The molecule has 3 heterocycles. The van der Waals surface area contributed by atoms with Crippen LogP contribution in [0.5, 0.6) is 0 Å². The van der Waals surface area contributed by atoms with Gasteiger partial charge in [0.25, 0.3) is 0 Å². The zero-order valence-corrected chi connectivity index (χ0v) is 10.3. The first kappa shape index (κ1) is 11.3. The van der Waals surface area contributed by atoms with Gasteiger partial charge in [-0.15, -0.1) is 0 Å². The molecule has 2 aromatic heterocycles. The number of hydrogen-bond acceptors (Lipinski definition) is 5. The molecule has 5 heteroatoms. The fraction of sp³-hybridized carbons (Fsp3) is 0.462. The minimum absolute atomic E-state index is 0.347. The van der Waals surface area contributed by atoms with E-state index in [0.29, 0.717) is 18.3 Å². The molecule has 0 spiro atoms. The van der Waals surface area contributed by atoms with E-state index in [1.54, 1.807) is 6.20 Å². The zero-order valence-electron chi connectivity index (χ0n) is 10.3. The van der Waals surface area contributed by atoms with Crippen LogP contribution >= 0.6 is 0 Å². The minimum atomic E-state index is 0.347. The molecular weight excluding hydrogens is 228 g/mol. The van der Waals surface area contributed by atoms with Crippen molar-refractivity contribution in [1.82, 2.24) is 20.4 Å². The van der Waals surface area contributed by atoms with Crippen molar-refractivity contribution in [3.05, 3.63) is 41.8 Å². The summed E-state index contributed by atoms with van der Waals surface area (Å²) in [7, 11) is 0. The molecule has 5 nitrogen and oxygen atoms in total. The van der Waals surface area contributed by atoms with Crippen molar-refractivity contribution >= 4 is 0 Å². The Hall–Kier alpha value is -1.75. The van der Waals surface area contributed by atoms with Gasteiger partial charge in [0.05, 0.1) is 5.92 Å². The summed E-state index contributed by atoms with van der Waals surface area (Å²) in [5.74, 6) is 2.39. The summed E-state index contributed by atoms with van der Waals surface area (Å²) in [5, 5.41) is 7.39. The molecule has 2 atom stereocenters. The minimum Gasteiger partial charge on any atom is -0.339 e. The summed E-state index contributed by atoms with van der Waals surface area (Å²) < 4.78 is 5.37. The molecule has 0 aromatic carbocycles. The first-order valence-electron chi connectivity index (χ1n) is 6.25. The summed E-state index contributed by atoms with van der Waals surface area (Å²) in [6.45, 7) is 4.15. The highest BCUT2D eigenvalue weighted by molar-refractivity contribution is 5.14. The van der Waals surface area contributed by atoms with E-state index < -0.39 is 0 Å². The van der Waals surface area contributed by atoms with Crippen molar-refractivity contribution in [1.29, 1.82) is 0 Å². The molecule has 94 valence electrons. The molecule has 0 amide bonds. The molecule has 1 saturated heterocycles. The Kier molecular flexibility index (Phi) is 3.06. The molecule has 18 heavy (non-hydrogen) atoms. The third-order valence-electron chi connectivity index (χ3n) is 3.40. The topological polar surface area (TPSA) is 63.8 Å². The third kappa shape index (κ3) is 2.26. The molecule has 0 bridgehead atoms. The van der Waals surface area contributed by atoms with Gasteiger partial charge < -0.3 is 9.84 Å². The molecule has 1 aliphatic rings. The van der Waals surface area contributed by atoms with E-state index in [1.165, 1.54) is 0 Å². The van der Waals surface area contributed by atoms with Crippen LogP contribution in [0.2, 0.25) is 0 Å². The van der Waals surface area contributed by atoms with Crippen LogP contribution < -0.4 is 5.32 Å². The Labute approximate surface area is 106 Å². The Morgan fingerprint density at radius 1 is 1.44 bits per heavy atom. The normalized spacial score (nSPS) is 23.4. The van der Waals surface area contributed by atoms with Crippen LogP contribution in [0.15, 0.2) is 29.0 Å². The predicted octanol–water partition coefficient (Wildman–Crippen LogP) is 1.38. The van der Waals surface area contributed by atoms with Crippen molar-refractivity contribution < 1.29 is 4.52 Å². The van der Waals surface area contributed by atoms with Crippen LogP contribution in [0, 0.1) is 5.92 Å². The van der Waals surface area contributed by atoms with Gasteiger partial charge in [0.1, 0.15) is 0 Å². The zero-order chi connectivity index (χ0) is 12.4. The summed E-state index contributed by atoms with van der Waals surface area (Å²) in [5.41, 5.74) is 1.10. The smallest absolute Gasteiger partial charge is 0.231 e. The van der Waals surface area contributed by atoms with Gasteiger partial charge >= 0.3 is 0 Å². The SMILES string of the molecule is C[C@@H]1CNC[C@H]1c1nc(Cc2cccnc2)no1. The lowest BCUT2D eigenvalue weighted by molar-refractivity contribution is 0.337. The van der Waals surface area contributed by atoms with Gasteiger partial charge in [0, 0.05) is 25.4 Å². The van der Waals surface area contributed by atoms with Crippen LogP contribution in [0.1, 0.15) is 30.1 Å². The molecule has 2 aromatic rings. The van der Waals surface area contributed by atoms with Crippen molar-refractivity contribution in [2.45, 2.75) is 19.3 Å². The van der Waals surface area contributed by atoms with Gasteiger partial charge in [-0.2, -0.15) is 4.98 Å². The van der Waals surface area contributed by atoms with Crippen molar-refractivity contribution in [2.24, 2.45) is 5.92 Å². The first-order chi connectivity index (χ1) is 8.83. The summed E-state index contributed by atoms with van der Waals surface area (Å²) >= 11 is 0. The lowest BCUT2D eigenvalue weighted by atomic mass is 9.98. The van der Waals surface area contributed by atoms with Gasteiger partial charge in [-0.3, -0.25) is 4.98 Å². The van der Waals surface area contributed by atoms with Crippen LogP contribution in [0.25, 0.3) is 0 Å². The number of pyridine rings is 1. The van der Waals surface area contributed by atoms with Gasteiger partial charge in [-0.25, -0.2) is 0 Å². The maximum atomic E-state index is 5.37. The second-order valence-electron chi connectivity index (χ2n) is 4.83. The van der Waals surface area contributed by atoms with Gasteiger partial charge in [-0.05, 0) is 24.1 Å². The van der Waals surface area contributed by atoms with E-state index in [2.05, 4.69) is 27.4 Å². The molecule has 0 unspecified atom stereocenters. The molecule has 1 fully saturated rings. The molecule has 1 N–H and O–H groups in total. The first-order valence-corrected chi connectivity index (χ1v) is 6.25. The van der Waals surface area contributed by atoms with Crippen LogP contribution in [-0.4, -0.2) is 28.2 Å². The second kappa shape index (κ2) is 4.86. The highest BCUT2D eigenvalue weighted by Crippen LogP contribution is 2.26. The number of nitrogens with one attached hydrogen (secondary N) is 1. The van der Waals surface area contributed by atoms with Crippen LogP contribution in [0.4, 0.5) is 0 Å². The quantitative estimate of drug-likeness (QED) is 0.883. The number of hydrogen-bond donors (Lipinski definition) is 1. The highest BCUT2D eigenvalue weighted by atomic mass is 16.5. The fourth-order valence-corrected chi connectivity index (χ4v) is 2.32. The van der Waals surface area contributed by atoms with Crippen molar-refractivity contribution in [3.63, 3.8) is 0 Å². The van der Waals surface area contributed by atoms with Crippen molar-refractivity contribution in [3.8, 4) is 0 Å². The highest BCUT2D eigenvalue weighted by Gasteiger charge is 2.29. The maximum absolute atomic E-state index is 5.37. The Morgan fingerprint density at radius 3 is 3.11 bits per heavy atom. The molecule has 1 aliphatic heterocycles. The van der Waals surface area contributed by atoms with E-state index in [0.717, 1.165) is 30.4 Å². The number of rotatable bonds is 3. The molecule has 0 saturated carbocycles. The molecule has 0 aliphatic carbocycles. The van der Waals surface area contributed by atoms with Gasteiger partial charge in [-0.1, -0.05) is 18.1 Å². The average molecular weight is 244 g/mol. The molecule has 3 rings (SSSR count).